The Kier molecular flexibility index (Phi) is 3.61. The molecule has 2 aromatic carbocycles. The number of aromatic nitrogens is 1. The lowest BCUT2D eigenvalue weighted by Gasteiger charge is -2.05. The fraction of sp³-hybridized carbons (Fsp3) is 0.118. The van der Waals surface area contributed by atoms with E-state index in [1.54, 1.807) is 3.96 Å². The molecule has 0 aliphatic carbocycles. The van der Waals surface area contributed by atoms with Gasteiger partial charge in [0.15, 0.2) is 0 Å². The number of hydrogen-bond donors (Lipinski definition) is 1. The van der Waals surface area contributed by atoms with Crippen LogP contribution in [0.15, 0.2) is 47.3 Å². The van der Waals surface area contributed by atoms with Gasteiger partial charge in [0, 0.05) is 5.56 Å². The third kappa shape index (κ3) is 2.49. The van der Waals surface area contributed by atoms with Crippen LogP contribution in [0, 0.1) is 18.8 Å². The lowest BCUT2D eigenvalue weighted by Crippen LogP contribution is -2.11. The third-order valence-corrected chi connectivity index (χ3v) is 4.32. The molecule has 21 heavy (non-hydrogen) atoms. The SMILES string of the molecule is Cc1cc(C#CCO)ccc1-n1sc2ccccc2c1=O. The zero-order valence-corrected chi connectivity index (χ0v) is 12.3. The van der Waals surface area contributed by atoms with Crippen LogP contribution in [0.1, 0.15) is 11.1 Å². The molecule has 0 spiro atoms. The molecule has 0 bridgehead atoms. The molecule has 104 valence electrons. The summed E-state index contributed by atoms with van der Waals surface area (Å²) in [5.74, 6) is 5.49. The normalized spacial score (nSPS) is 10.4. The van der Waals surface area contributed by atoms with Crippen LogP contribution in [0.3, 0.4) is 0 Å². The van der Waals surface area contributed by atoms with Crippen LogP contribution < -0.4 is 5.56 Å². The van der Waals surface area contributed by atoms with Gasteiger partial charge in [-0.3, -0.25) is 4.79 Å². The van der Waals surface area contributed by atoms with Crippen LogP contribution in [-0.4, -0.2) is 15.7 Å². The van der Waals surface area contributed by atoms with Crippen molar-refractivity contribution in [1.29, 1.82) is 0 Å². The van der Waals surface area contributed by atoms with Crippen molar-refractivity contribution in [2.45, 2.75) is 6.92 Å². The Labute approximate surface area is 126 Å². The molecule has 0 amide bonds. The number of rotatable bonds is 1. The van der Waals surface area contributed by atoms with Crippen molar-refractivity contribution in [3.63, 3.8) is 0 Å². The van der Waals surface area contributed by atoms with Crippen molar-refractivity contribution in [2.24, 2.45) is 0 Å². The van der Waals surface area contributed by atoms with E-state index in [4.69, 9.17) is 5.11 Å². The molecule has 0 saturated heterocycles. The Balaban J connectivity index is 2.15. The van der Waals surface area contributed by atoms with Gasteiger partial charge in [-0.1, -0.05) is 35.5 Å². The average Bonchev–Trinajstić information content (AvgIpc) is 2.83. The second-order valence-electron chi connectivity index (χ2n) is 4.65. The highest BCUT2D eigenvalue weighted by atomic mass is 32.1. The summed E-state index contributed by atoms with van der Waals surface area (Å²) in [5, 5.41) is 9.47. The number of aryl methyl sites for hydroxylation is 1. The highest BCUT2D eigenvalue weighted by Crippen LogP contribution is 2.22. The lowest BCUT2D eigenvalue weighted by molar-refractivity contribution is 0.350. The summed E-state index contributed by atoms with van der Waals surface area (Å²) in [6.07, 6.45) is 0. The summed E-state index contributed by atoms with van der Waals surface area (Å²) < 4.78 is 2.69. The van der Waals surface area contributed by atoms with Crippen LogP contribution in [0.5, 0.6) is 0 Å². The number of fused-ring (bicyclic) bond motifs is 1. The molecular weight excluding hydrogens is 282 g/mol. The van der Waals surface area contributed by atoms with Crippen LogP contribution in [0.2, 0.25) is 0 Å². The molecule has 0 saturated carbocycles. The van der Waals surface area contributed by atoms with E-state index in [0.717, 1.165) is 26.9 Å². The number of benzene rings is 2. The molecule has 0 atom stereocenters. The zero-order chi connectivity index (χ0) is 14.8. The van der Waals surface area contributed by atoms with Crippen molar-refractivity contribution >= 4 is 21.6 Å². The highest BCUT2D eigenvalue weighted by molar-refractivity contribution is 7.14. The van der Waals surface area contributed by atoms with Crippen LogP contribution >= 0.6 is 11.5 Å². The summed E-state index contributed by atoms with van der Waals surface area (Å²) in [6.45, 7) is 1.80. The second kappa shape index (κ2) is 5.57. The van der Waals surface area contributed by atoms with Gasteiger partial charge in [-0.05, 0) is 42.8 Å². The summed E-state index contributed by atoms with van der Waals surface area (Å²) >= 11 is 1.44. The maximum atomic E-state index is 12.5. The van der Waals surface area contributed by atoms with Crippen molar-refractivity contribution in [3.8, 4) is 17.5 Å². The van der Waals surface area contributed by atoms with Gasteiger partial charge < -0.3 is 5.11 Å². The molecule has 0 aliphatic heterocycles. The molecule has 3 aromatic rings. The first-order valence-electron chi connectivity index (χ1n) is 6.52. The van der Waals surface area contributed by atoms with Crippen molar-refractivity contribution in [3.05, 3.63) is 63.9 Å². The molecule has 0 aliphatic rings. The second-order valence-corrected chi connectivity index (χ2v) is 5.64. The van der Waals surface area contributed by atoms with E-state index >= 15 is 0 Å². The summed E-state index contributed by atoms with van der Waals surface area (Å²) in [5.41, 5.74) is 2.69. The van der Waals surface area contributed by atoms with Gasteiger partial charge in [-0.25, -0.2) is 3.96 Å². The predicted octanol–water partition coefficient (Wildman–Crippen LogP) is 2.70. The van der Waals surface area contributed by atoms with Gasteiger partial charge in [-0.15, -0.1) is 0 Å². The van der Waals surface area contributed by atoms with E-state index in [9.17, 15) is 4.79 Å². The quantitative estimate of drug-likeness (QED) is 0.701. The van der Waals surface area contributed by atoms with E-state index in [1.807, 2.05) is 49.4 Å². The molecule has 1 heterocycles. The van der Waals surface area contributed by atoms with E-state index < -0.39 is 0 Å². The molecule has 0 radical (unpaired) electrons. The lowest BCUT2D eigenvalue weighted by atomic mass is 10.1. The number of nitrogens with zero attached hydrogens (tertiary/aromatic N) is 1. The minimum absolute atomic E-state index is 0.00731. The van der Waals surface area contributed by atoms with Crippen LogP contribution in [-0.2, 0) is 0 Å². The molecule has 3 rings (SSSR count). The Hall–Kier alpha value is -2.35. The summed E-state index contributed by atoms with van der Waals surface area (Å²) in [6, 6.07) is 13.3. The van der Waals surface area contributed by atoms with Gasteiger partial charge in [0.05, 0.1) is 15.8 Å². The molecule has 0 fully saturated rings. The van der Waals surface area contributed by atoms with E-state index in [2.05, 4.69) is 11.8 Å². The summed E-state index contributed by atoms with van der Waals surface area (Å²) in [4.78, 5) is 12.5. The van der Waals surface area contributed by atoms with E-state index in [1.165, 1.54) is 11.5 Å². The van der Waals surface area contributed by atoms with Gasteiger partial charge in [-0.2, -0.15) is 0 Å². The smallest absolute Gasteiger partial charge is 0.273 e. The maximum Gasteiger partial charge on any atom is 0.273 e. The van der Waals surface area contributed by atoms with Crippen LogP contribution in [0.4, 0.5) is 0 Å². The molecule has 1 N–H and O–H groups in total. The first kappa shape index (κ1) is 13.6. The number of aliphatic hydroxyl groups excluding tert-OH is 1. The average molecular weight is 295 g/mol. The van der Waals surface area contributed by atoms with Gasteiger partial charge in [0.2, 0.25) is 0 Å². The maximum absolute atomic E-state index is 12.5. The van der Waals surface area contributed by atoms with Crippen molar-refractivity contribution in [1.82, 2.24) is 3.96 Å². The molecular formula is C17H13NO2S. The Bertz CT molecular complexity index is 925. The minimum Gasteiger partial charge on any atom is -0.384 e. The molecule has 4 heteroatoms. The van der Waals surface area contributed by atoms with E-state index in [0.29, 0.717) is 0 Å². The molecule has 0 unspecified atom stereocenters. The van der Waals surface area contributed by atoms with Gasteiger partial charge in [0.1, 0.15) is 6.61 Å². The Morgan fingerprint density at radius 3 is 2.76 bits per heavy atom. The highest BCUT2D eigenvalue weighted by Gasteiger charge is 2.10. The Morgan fingerprint density at radius 1 is 1.24 bits per heavy atom. The predicted molar refractivity (Wildman–Crippen MR) is 86.1 cm³/mol. The van der Waals surface area contributed by atoms with Gasteiger partial charge >= 0.3 is 0 Å². The standard InChI is InChI=1S/C17H13NO2S/c1-12-11-13(5-4-10-19)8-9-15(12)18-17(20)14-6-2-3-7-16(14)21-18/h2-3,6-9,11,19H,10H2,1H3. The number of hydrogen-bond acceptors (Lipinski definition) is 3. The third-order valence-electron chi connectivity index (χ3n) is 3.22. The fourth-order valence-corrected chi connectivity index (χ4v) is 3.31. The summed E-state index contributed by atoms with van der Waals surface area (Å²) in [7, 11) is 0. The van der Waals surface area contributed by atoms with Crippen molar-refractivity contribution < 1.29 is 5.11 Å². The fourth-order valence-electron chi connectivity index (χ4n) is 2.23. The monoisotopic (exact) mass is 295 g/mol. The van der Waals surface area contributed by atoms with Crippen LogP contribution in [0.25, 0.3) is 15.8 Å². The zero-order valence-electron chi connectivity index (χ0n) is 11.5. The first-order chi connectivity index (χ1) is 10.2. The van der Waals surface area contributed by atoms with Gasteiger partial charge in [0.25, 0.3) is 5.56 Å². The largest absolute Gasteiger partial charge is 0.384 e. The van der Waals surface area contributed by atoms with Crippen molar-refractivity contribution in [2.75, 3.05) is 6.61 Å². The first-order valence-corrected chi connectivity index (χ1v) is 7.30. The number of aliphatic hydroxyl groups is 1. The van der Waals surface area contributed by atoms with E-state index in [-0.39, 0.29) is 12.2 Å². The topological polar surface area (TPSA) is 42.2 Å². The molecule has 3 nitrogen and oxygen atoms in total. The molecule has 1 aromatic heterocycles. The minimum atomic E-state index is -0.156. The Morgan fingerprint density at radius 2 is 2.05 bits per heavy atom.